The van der Waals surface area contributed by atoms with Gasteiger partial charge in [-0.05, 0) is 39.2 Å². The second-order valence-electron chi connectivity index (χ2n) is 4.65. The summed E-state index contributed by atoms with van der Waals surface area (Å²) in [7, 11) is 3.11. The number of halogens is 1. The van der Waals surface area contributed by atoms with Crippen molar-refractivity contribution >= 4 is 21.8 Å². The molecule has 4 nitrogen and oxygen atoms in total. The Labute approximate surface area is 138 Å². The molecule has 116 valence electrons. The van der Waals surface area contributed by atoms with Crippen LogP contribution < -0.4 is 10.1 Å². The van der Waals surface area contributed by atoms with Gasteiger partial charge < -0.3 is 14.8 Å². The average Bonchev–Trinajstić information content (AvgIpc) is 2.55. The van der Waals surface area contributed by atoms with E-state index >= 15 is 0 Å². The topological polar surface area (TPSA) is 47.6 Å². The summed E-state index contributed by atoms with van der Waals surface area (Å²) in [5, 5.41) is 2.61. The van der Waals surface area contributed by atoms with Crippen LogP contribution in [0, 0.1) is 0 Å². The van der Waals surface area contributed by atoms with E-state index in [-0.39, 0.29) is 5.91 Å². The number of rotatable bonds is 6. The largest absolute Gasteiger partial charge is 0.488 e. The van der Waals surface area contributed by atoms with E-state index in [0.29, 0.717) is 6.61 Å². The van der Waals surface area contributed by atoms with E-state index in [1.807, 2.05) is 48.5 Å². The molecule has 0 bridgehead atoms. The molecule has 0 aromatic heterocycles. The molecule has 0 heterocycles. The minimum atomic E-state index is -0.649. The molecular weight excluding hydrogens is 346 g/mol. The fourth-order valence-corrected chi connectivity index (χ4v) is 2.54. The zero-order valence-corrected chi connectivity index (χ0v) is 14.1. The molecule has 0 aliphatic rings. The molecule has 1 unspecified atom stereocenters. The number of hydrogen-bond acceptors (Lipinski definition) is 3. The first-order valence-electron chi connectivity index (χ1n) is 6.87. The molecule has 0 fully saturated rings. The molecular formula is C17H18BrNO3. The second kappa shape index (κ2) is 7.96. The van der Waals surface area contributed by atoms with Crippen molar-refractivity contribution < 1.29 is 14.3 Å². The average molecular weight is 364 g/mol. The van der Waals surface area contributed by atoms with Crippen LogP contribution in [0.15, 0.2) is 53.0 Å². The number of hydrogen-bond donors (Lipinski definition) is 1. The standard InChI is InChI=1S/C17H18BrNO3/c1-19-17(20)16(21-2)13-8-4-3-7-12(13)11-22-15-10-6-5-9-14(15)18/h3-10,16H,11H2,1-2H3,(H,19,20). The Bertz CT molecular complexity index is 645. The summed E-state index contributed by atoms with van der Waals surface area (Å²) in [6.07, 6.45) is -0.649. The third-order valence-electron chi connectivity index (χ3n) is 3.28. The summed E-state index contributed by atoms with van der Waals surface area (Å²) < 4.78 is 12.1. The van der Waals surface area contributed by atoms with Gasteiger partial charge in [0.15, 0.2) is 6.10 Å². The van der Waals surface area contributed by atoms with Crippen LogP contribution in [-0.2, 0) is 16.1 Å². The van der Waals surface area contributed by atoms with Crippen LogP contribution in [0.1, 0.15) is 17.2 Å². The summed E-state index contributed by atoms with van der Waals surface area (Å²) >= 11 is 3.45. The number of likely N-dealkylation sites (N-methyl/N-ethyl adjacent to an activating group) is 1. The van der Waals surface area contributed by atoms with Crippen LogP contribution in [0.4, 0.5) is 0 Å². The highest BCUT2D eigenvalue weighted by atomic mass is 79.9. The van der Waals surface area contributed by atoms with Gasteiger partial charge in [0.25, 0.3) is 5.91 Å². The molecule has 2 aromatic rings. The monoisotopic (exact) mass is 363 g/mol. The normalized spacial score (nSPS) is 11.8. The molecule has 22 heavy (non-hydrogen) atoms. The number of para-hydroxylation sites is 1. The van der Waals surface area contributed by atoms with Crippen LogP contribution in [0.3, 0.4) is 0 Å². The van der Waals surface area contributed by atoms with Gasteiger partial charge in [-0.3, -0.25) is 4.79 Å². The maximum absolute atomic E-state index is 11.9. The summed E-state index contributed by atoms with van der Waals surface area (Å²) in [5.41, 5.74) is 1.71. The highest BCUT2D eigenvalue weighted by molar-refractivity contribution is 9.10. The van der Waals surface area contributed by atoms with Gasteiger partial charge in [0.1, 0.15) is 12.4 Å². The third kappa shape index (κ3) is 3.87. The Balaban J connectivity index is 2.21. The molecule has 1 amide bonds. The van der Waals surface area contributed by atoms with E-state index in [1.165, 1.54) is 7.11 Å². The van der Waals surface area contributed by atoms with Crippen molar-refractivity contribution in [1.82, 2.24) is 5.32 Å². The van der Waals surface area contributed by atoms with Crippen molar-refractivity contribution in [2.75, 3.05) is 14.2 Å². The van der Waals surface area contributed by atoms with Crippen LogP contribution in [0.5, 0.6) is 5.75 Å². The Morgan fingerprint density at radius 2 is 1.86 bits per heavy atom. The van der Waals surface area contributed by atoms with Gasteiger partial charge in [-0.1, -0.05) is 36.4 Å². The highest BCUT2D eigenvalue weighted by Crippen LogP contribution is 2.27. The summed E-state index contributed by atoms with van der Waals surface area (Å²) in [6, 6.07) is 15.3. The molecule has 0 aliphatic heterocycles. The molecule has 0 saturated carbocycles. The molecule has 0 radical (unpaired) electrons. The van der Waals surface area contributed by atoms with E-state index in [0.717, 1.165) is 21.3 Å². The van der Waals surface area contributed by atoms with Gasteiger partial charge in [0, 0.05) is 14.2 Å². The molecule has 2 rings (SSSR count). The van der Waals surface area contributed by atoms with Gasteiger partial charge in [0.2, 0.25) is 0 Å². The summed E-state index contributed by atoms with van der Waals surface area (Å²) in [4.78, 5) is 11.9. The highest BCUT2D eigenvalue weighted by Gasteiger charge is 2.21. The fraction of sp³-hybridized carbons (Fsp3) is 0.235. The lowest BCUT2D eigenvalue weighted by Crippen LogP contribution is -2.27. The van der Waals surface area contributed by atoms with Crippen LogP contribution in [-0.4, -0.2) is 20.1 Å². The molecule has 1 atom stereocenters. The van der Waals surface area contributed by atoms with Crippen molar-refractivity contribution in [3.63, 3.8) is 0 Å². The van der Waals surface area contributed by atoms with E-state index in [2.05, 4.69) is 21.2 Å². The SMILES string of the molecule is CNC(=O)C(OC)c1ccccc1COc1ccccc1Br. The predicted octanol–water partition coefficient (Wildman–Crippen LogP) is 3.46. The number of methoxy groups -OCH3 is 1. The second-order valence-corrected chi connectivity index (χ2v) is 5.50. The smallest absolute Gasteiger partial charge is 0.253 e. The van der Waals surface area contributed by atoms with E-state index in [1.54, 1.807) is 7.05 Å². The summed E-state index contributed by atoms with van der Waals surface area (Å²) in [6.45, 7) is 0.357. The minimum absolute atomic E-state index is 0.184. The first-order chi connectivity index (χ1) is 10.7. The van der Waals surface area contributed by atoms with Gasteiger partial charge in [-0.15, -0.1) is 0 Å². The Morgan fingerprint density at radius 1 is 1.18 bits per heavy atom. The number of ether oxygens (including phenoxy) is 2. The van der Waals surface area contributed by atoms with E-state index in [4.69, 9.17) is 9.47 Å². The predicted molar refractivity (Wildman–Crippen MR) is 88.7 cm³/mol. The molecule has 2 aromatic carbocycles. The lowest BCUT2D eigenvalue weighted by atomic mass is 10.0. The van der Waals surface area contributed by atoms with Crippen LogP contribution in [0.25, 0.3) is 0 Å². The summed E-state index contributed by atoms with van der Waals surface area (Å²) in [5.74, 6) is 0.571. The van der Waals surface area contributed by atoms with E-state index < -0.39 is 6.10 Å². The molecule has 0 aliphatic carbocycles. The van der Waals surface area contributed by atoms with Gasteiger partial charge in [-0.2, -0.15) is 0 Å². The lowest BCUT2D eigenvalue weighted by molar-refractivity contribution is -0.130. The van der Waals surface area contributed by atoms with Gasteiger partial charge in [0.05, 0.1) is 4.47 Å². The Kier molecular flexibility index (Phi) is 5.98. The van der Waals surface area contributed by atoms with Crippen molar-refractivity contribution in [2.24, 2.45) is 0 Å². The first kappa shape index (κ1) is 16.5. The van der Waals surface area contributed by atoms with Crippen molar-refractivity contribution in [3.05, 3.63) is 64.1 Å². The first-order valence-corrected chi connectivity index (χ1v) is 7.66. The maximum atomic E-state index is 11.9. The number of nitrogens with one attached hydrogen (secondary N) is 1. The van der Waals surface area contributed by atoms with Gasteiger partial charge >= 0.3 is 0 Å². The minimum Gasteiger partial charge on any atom is -0.488 e. The zero-order valence-electron chi connectivity index (χ0n) is 12.5. The van der Waals surface area contributed by atoms with Crippen LogP contribution in [0.2, 0.25) is 0 Å². The number of carbonyl (C=O) groups is 1. The van der Waals surface area contributed by atoms with Crippen LogP contribution >= 0.6 is 15.9 Å². The number of carbonyl (C=O) groups excluding carboxylic acids is 1. The van der Waals surface area contributed by atoms with Crippen molar-refractivity contribution in [2.45, 2.75) is 12.7 Å². The number of amides is 1. The third-order valence-corrected chi connectivity index (χ3v) is 3.93. The maximum Gasteiger partial charge on any atom is 0.253 e. The molecule has 0 spiro atoms. The van der Waals surface area contributed by atoms with Gasteiger partial charge in [-0.25, -0.2) is 0 Å². The Hall–Kier alpha value is -1.85. The molecule has 0 saturated heterocycles. The van der Waals surface area contributed by atoms with Crippen molar-refractivity contribution in [3.8, 4) is 5.75 Å². The van der Waals surface area contributed by atoms with E-state index in [9.17, 15) is 4.79 Å². The zero-order chi connectivity index (χ0) is 15.9. The lowest BCUT2D eigenvalue weighted by Gasteiger charge is -2.18. The fourth-order valence-electron chi connectivity index (χ4n) is 2.15. The quantitative estimate of drug-likeness (QED) is 0.854. The molecule has 5 heteroatoms. The Morgan fingerprint density at radius 3 is 2.55 bits per heavy atom. The molecule has 1 N–H and O–H groups in total. The van der Waals surface area contributed by atoms with Crippen molar-refractivity contribution in [1.29, 1.82) is 0 Å². The number of benzene rings is 2.